The smallest absolute Gasteiger partial charge is 0.167 e. The molecule has 5 rings (SSSR count). The van der Waals surface area contributed by atoms with E-state index in [1.165, 1.54) is 10.9 Å². The zero-order valence-electron chi connectivity index (χ0n) is 11.5. The van der Waals surface area contributed by atoms with E-state index < -0.39 is 0 Å². The molecule has 0 saturated carbocycles. The molecule has 0 amide bonds. The number of hydrogen-bond donors (Lipinski definition) is 1. The van der Waals surface area contributed by atoms with E-state index in [0.717, 1.165) is 33.2 Å². The van der Waals surface area contributed by atoms with Crippen molar-refractivity contribution in [2.24, 2.45) is 0 Å². The van der Waals surface area contributed by atoms with Gasteiger partial charge in [-0.2, -0.15) is 5.10 Å². The molecular formula is C17H12N4. The van der Waals surface area contributed by atoms with Crippen LogP contribution in [0.3, 0.4) is 0 Å². The highest BCUT2D eigenvalue weighted by molar-refractivity contribution is 6.07. The first kappa shape index (κ1) is 10.9. The first-order valence-corrected chi connectivity index (χ1v) is 6.96. The van der Waals surface area contributed by atoms with Crippen molar-refractivity contribution in [3.63, 3.8) is 0 Å². The molecule has 1 N–H and O–H groups in total. The number of imidazole rings is 1. The highest BCUT2D eigenvalue weighted by Crippen LogP contribution is 2.28. The molecular weight excluding hydrogens is 260 g/mol. The van der Waals surface area contributed by atoms with Crippen LogP contribution in [-0.4, -0.2) is 19.6 Å². The average molecular weight is 272 g/mol. The van der Waals surface area contributed by atoms with Crippen LogP contribution < -0.4 is 0 Å². The number of hydrogen-bond acceptors (Lipinski definition) is 2. The maximum absolute atomic E-state index is 4.69. The van der Waals surface area contributed by atoms with Crippen LogP contribution in [0.2, 0.25) is 0 Å². The van der Waals surface area contributed by atoms with Gasteiger partial charge in [0.1, 0.15) is 5.65 Å². The van der Waals surface area contributed by atoms with Gasteiger partial charge in [0.15, 0.2) is 5.65 Å². The Hall–Kier alpha value is -2.88. The van der Waals surface area contributed by atoms with Crippen molar-refractivity contribution in [2.75, 3.05) is 0 Å². The summed E-state index contributed by atoms with van der Waals surface area (Å²) in [4.78, 5) is 4.69. The summed E-state index contributed by atoms with van der Waals surface area (Å²) in [6.07, 6.45) is 0. The molecule has 0 spiro atoms. The number of aryl methyl sites for hydroxylation is 1. The molecule has 3 aromatic heterocycles. The second-order valence-corrected chi connectivity index (χ2v) is 5.45. The number of H-pyrrole nitrogens is 1. The van der Waals surface area contributed by atoms with Crippen LogP contribution in [0.1, 0.15) is 5.56 Å². The summed E-state index contributed by atoms with van der Waals surface area (Å²) in [6.45, 7) is 2.11. The lowest BCUT2D eigenvalue weighted by molar-refractivity contribution is 1.08. The van der Waals surface area contributed by atoms with Crippen molar-refractivity contribution in [3.8, 4) is 0 Å². The Morgan fingerprint density at radius 2 is 1.90 bits per heavy atom. The number of nitrogens with zero attached hydrogens (tertiary/aromatic N) is 3. The molecule has 0 aliphatic carbocycles. The molecule has 100 valence electrons. The normalized spacial score (nSPS) is 12.0. The lowest BCUT2D eigenvalue weighted by Gasteiger charge is -2.01. The second kappa shape index (κ2) is 3.61. The van der Waals surface area contributed by atoms with Gasteiger partial charge in [-0.1, -0.05) is 23.8 Å². The van der Waals surface area contributed by atoms with E-state index in [9.17, 15) is 0 Å². The third-order valence-electron chi connectivity index (χ3n) is 4.06. The number of para-hydroxylation sites is 2. The van der Waals surface area contributed by atoms with E-state index in [-0.39, 0.29) is 0 Å². The van der Waals surface area contributed by atoms with E-state index in [1.54, 1.807) is 0 Å². The van der Waals surface area contributed by atoms with Gasteiger partial charge in [-0.15, -0.1) is 0 Å². The Kier molecular flexibility index (Phi) is 1.86. The Morgan fingerprint density at radius 1 is 1.00 bits per heavy atom. The van der Waals surface area contributed by atoms with Crippen LogP contribution in [0.5, 0.6) is 0 Å². The van der Waals surface area contributed by atoms with Crippen LogP contribution in [0.15, 0.2) is 48.5 Å². The van der Waals surface area contributed by atoms with Gasteiger partial charge >= 0.3 is 0 Å². The minimum Gasteiger partial charge on any atom is -0.276 e. The molecule has 2 aromatic carbocycles. The number of nitrogens with one attached hydrogen (secondary N) is 1. The van der Waals surface area contributed by atoms with Crippen molar-refractivity contribution in [1.29, 1.82) is 0 Å². The molecule has 0 aliphatic heterocycles. The molecule has 0 bridgehead atoms. The van der Waals surface area contributed by atoms with Crippen LogP contribution in [0, 0.1) is 6.92 Å². The van der Waals surface area contributed by atoms with Gasteiger partial charge in [-0.25, -0.2) is 4.98 Å². The highest BCUT2D eigenvalue weighted by Gasteiger charge is 2.13. The fourth-order valence-corrected chi connectivity index (χ4v) is 3.08. The molecule has 4 heteroatoms. The largest absolute Gasteiger partial charge is 0.276 e. The molecule has 0 radical (unpaired) electrons. The summed E-state index contributed by atoms with van der Waals surface area (Å²) in [5.74, 6) is 0. The number of aromatic nitrogens is 4. The summed E-state index contributed by atoms with van der Waals surface area (Å²) < 4.78 is 2.11. The maximum Gasteiger partial charge on any atom is 0.167 e. The minimum atomic E-state index is 0.928. The van der Waals surface area contributed by atoms with Gasteiger partial charge in [0.2, 0.25) is 0 Å². The van der Waals surface area contributed by atoms with E-state index >= 15 is 0 Å². The number of rotatable bonds is 0. The van der Waals surface area contributed by atoms with E-state index in [4.69, 9.17) is 4.98 Å². The van der Waals surface area contributed by atoms with E-state index in [2.05, 4.69) is 51.9 Å². The van der Waals surface area contributed by atoms with E-state index in [1.807, 2.05) is 18.2 Å². The molecule has 4 nitrogen and oxygen atoms in total. The lowest BCUT2D eigenvalue weighted by atomic mass is 10.1. The number of fused-ring (bicyclic) bond motifs is 7. The summed E-state index contributed by atoms with van der Waals surface area (Å²) in [7, 11) is 0. The molecule has 21 heavy (non-hydrogen) atoms. The van der Waals surface area contributed by atoms with Gasteiger partial charge in [-0.05, 0) is 37.3 Å². The van der Waals surface area contributed by atoms with Crippen molar-refractivity contribution < 1.29 is 0 Å². The second-order valence-electron chi connectivity index (χ2n) is 5.45. The first-order valence-electron chi connectivity index (χ1n) is 6.96. The zero-order chi connectivity index (χ0) is 14.0. The monoisotopic (exact) mass is 272 g/mol. The van der Waals surface area contributed by atoms with Gasteiger partial charge in [0, 0.05) is 10.8 Å². The Morgan fingerprint density at radius 3 is 2.86 bits per heavy atom. The van der Waals surface area contributed by atoms with Crippen molar-refractivity contribution in [3.05, 3.63) is 54.1 Å². The molecule has 0 fully saturated rings. The van der Waals surface area contributed by atoms with Crippen LogP contribution in [0.25, 0.3) is 38.6 Å². The first-order chi connectivity index (χ1) is 10.3. The van der Waals surface area contributed by atoms with E-state index in [0.29, 0.717) is 0 Å². The fraction of sp³-hybridized carbons (Fsp3) is 0.0588. The Bertz CT molecular complexity index is 1150. The van der Waals surface area contributed by atoms with Crippen LogP contribution in [0.4, 0.5) is 0 Å². The minimum absolute atomic E-state index is 0.928. The molecule has 0 atom stereocenters. The summed E-state index contributed by atoms with van der Waals surface area (Å²) >= 11 is 0. The third-order valence-corrected chi connectivity index (χ3v) is 4.06. The highest BCUT2D eigenvalue weighted by atomic mass is 15.2. The Balaban J connectivity index is 2.07. The van der Waals surface area contributed by atoms with Gasteiger partial charge in [0.05, 0.1) is 16.6 Å². The fourth-order valence-electron chi connectivity index (χ4n) is 3.08. The predicted octanol–water partition coefficient (Wildman–Crippen LogP) is 3.83. The van der Waals surface area contributed by atoms with Gasteiger partial charge in [0.25, 0.3) is 0 Å². The van der Waals surface area contributed by atoms with Crippen molar-refractivity contribution in [1.82, 2.24) is 19.6 Å². The number of benzene rings is 2. The molecule has 0 saturated heterocycles. The van der Waals surface area contributed by atoms with Crippen LogP contribution >= 0.6 is 0 Å². The van der Waals surface area contributed by atoms with Crippen LogP contribution in [-0.2, 0) is 0 Å². The topological polar surface area (TPSA) is 46.0 Å². The predicted molar refractivity (Wildman–Crippen MR) is 84.6 cm³/mol. The maximum atomic E-state index is 4.69. The average Bonchev–Trinajstić information content (AvgIpc) is 3.02. The van der Waals surface area contributed by atoms with Gasteiger partial charge in [-0.3, -0.25) is 9.50 Å². The summed E-state index contributed by atoms with van der Waals surface area (Å²) in [6, 6.07) is 16.6. The summed E-state index contributed by atoms with van der Waals surface area (Å²) in [5.41, 5.74) is 6.26. The lowest BCUT2D eigenvalue weighted by Crippen LogP contribution is -1.89. The standard InChI is InChI=1S/C17H12N4/c1-10-6-7-13-11(8-10)12-9-16-18-14-4-2-3-5-15(14)21(16)17(12)20-19-13/h2-9,19H,1H3. The number of aromatic amines is 1. The molecule has 0 unspecified atom stereocenters. The Labute approximate surface area is 120 Å². The SMILES string of the molecule is Cc1ccc2[nH]nc3c(cc4nc5ccccc5n43)c2c1. The quantitative estimate of drug-likeness (QED) is 0.465. The summed E-state index contributed by atoms with van der Waals surface area (Å²) in [5, 5.41) is 10.0. The molecule has 0 aliphatic rings. The van der Waals surface area contributed by atoms with Gasteiger partial charge < -0.3 is 0 Å². The molecule has 3 heterocycles. The van der Waals surface area contributed by atoms with Crippen molar-refractivity contribution in [2.45, 2.75) is 6.92 Å². The third kappa shape index (κ3) is 1.34. The molecule has 5 aromatic rings. The zero-order valence-corrected chi connectivity index (χ0v) is 11.5. The van der Waals surface area contributed by atoms with Crippen molar-refractivity contribution >= 4 is 38.6 Å².